The molecule has 0 radical (unpaired) electrons. The molecule has 1 fully saturated rings. The van der Waals surface area contributed by atoms with Crippen LogP contribution in [0.5, 0.6) is 0 Å². The molecule has 0 heterocycles. The van der Waals surface area contributed by atoms with Crippen LogP contribution < -0.4 is 11.1 Å². The van der Waals surface area contributed by atoms with Gasteiger partial charge in [0.2, 0.25) is 0 Å². The lowest BCUT2D eigenvalue weighted by Crippen LogP contribution is -2.31. The maximum atomic E-state index is 5.76. The third-order valence-electron chi connectivity index (χ3n) is 3.58. The van der Waals surface area contributed by atoms with Gasteiger partial charge in [-0.25, -0.2) is 0 Å². The van der Waals surface area contributed by atoms with E-state index < -0.39 is 0 Å². The molecular weight excluding hydrogens is 311 g/mol. The molecule has 0 aliphatic heterocycles. The fourth-order valence-corrected chi connectivity index (χ4v) is 3.13. The van der Waals surface area contributed by atoms with Gasteiger partial charge in [-0.1, -0.05) is 20.3 Å². The molecule has 0 bridgehead atoms. The van der Waals surface area contributed by atoms with Crippen LogP contribution in [0.25, 0.3) is 0 Å². The Morgan fingerprint density at radius 1 is 1.44 bits per heavy atom. The Kier molecular flexibility index (Phi) is 3.33. The van der Waals surface area contributed by atoms with Gasteiger partial charge >= 0.3 is 0 Å². The fraction of sp³-hybridized carbons (Fsp3) is 0.538. The molecule has 1 saturated carbocycles. The molecule has 0 spiro atoms. The molecule has 16 heavy (non-hydrogen) atoms. The van der Waals surface area contributed by atoms with Crippen LogP contribution in [0.1, 0.15) is 33.1 Å². The van der Waals surface area contributed by atoms with Crippen molar-refractivity contribution in [2.45, 2.75) is 39.2 Å². The molecule has 0 saturated heterocycles. The van der Waals surface area contributed by atoms with Crippen LogP contribution in [-0.4, -0.2) is 6.04 Å². The van der Waals surface area contributed by atoms with Crippen molar-refractivity contribution in [1.29, 1.82) is 0 Å². The lowest BCUT2D eigenvalue weighted by molar-refractivity contribution is 0.350. The van der Waals surface area contributed by atoms with Crippen LogP contribution in [-0.2, 0) is 0 Å². The number of nitrogen functional groups attached to an aromatic ring is 1. The summed E-state index contributed by atoms with van der Waals surface area (Å²) in [5.41, 5.74) is 8.21. The molecule has 2 rings (SSSR count). The summed E-state index contributed by atoms with van der Waals surface area (Å²) < 4.78 is 1.21. The number of hydrogen-bond donors (Lipinski definition) is 2. The summed E-state index contributed by atoms with van der Waals surface area (Å²) in [4.78, 5) is 0. The van der Waals surface area contributed by atoms with Crippen LogP contribution in [0.2, 0.25) is 0 Å². The highest BCUT2D eigenvalue weighted by atomic mass is 127. The average molecular weight is 330 g/mol. The Balaban J connectivity index is 2.15. The van der Waals surface area contributed by atoms with E-state index in [1.165, 1.54) is 28.5 Å². The number of halogens is 1. The number of hydrogen-bond acceptors (Lipinski definition) is 2. The van der Waals surface area contributed by atoms with Crippen molar-refractivity contribution in [1.82, 2.24) is 0 Å². The molecule has 1 unspecified atom stereocenters. The van der Waals surface area contributed by atoms with Crippen LogP contribution in [0.4, 0.5) is 11.4 Å². The van der Waals surface area contributed by atoms with E-state index in [4.69, 9.17) is 5.73 Å². The highest BCUT2D eigenvalue weighted by Gasteiger charge is 2.34. The number of benzene rings is 1. The number of nitrogens with one attached hydrogen (secondary N) is 1. The first-order valence-electron chi connectivity index (χ1n) is 5.80. The monoisotopic (exact) mass is 330 g/mol. The maximum absolute atomic E-state index is 5.76. The second kappa shape index (κ2) is 4.43. The van der Waals surface area contributed by atoms with Gasteiger partial charge < -0.3 is 11.1 Å². The zero-order valence-electron chi connectivity index (χ0n) is 9.89. The molecule has 1 atom stereocenters. The van der Waals surface area contributed by atoms with E-state index in [1.54, 1.807) is 0 Å². The zero-order valence-corrected chi connectivity index (χ0v) is 12.0. The van der Waals surface area contributed by atoms with Gasteiger partial charge in [0.1, 0.15) is 0 Å². The molecular formula is C13H19IN2. The van der Waals surface area contributed by atoms with Gasteiger partial charge in [0.25, 0.3) is 0 Å². The molecule has 2 nitrogen and oxygen atoms in total. The Morgan fingerprint density at radius 3 is 2.75 bits per heavy atom. The molecule has 3 heteroatoms. The lowest BCUT2D eigenvalue weighted by atomic mass is 9.87. The normalized spacial score (nSPS) is 23.3. The van der Waals surface area contributed by atoms with Crippen molar-refractivity contribution in [3.05, 3.63) is 21.8 Å². The lowest BCUT2D eigenvalue weighted by Gasteiger charge is -2.29. The highest BCUT2D eigenvalue weighted by Crippen LogP contribution is 2.39. The largest absolute Gasteiger partial charge is 0.399 e. The first-order chi connectivity index (χ1) is 7.49. The van der Waals surface area contributed by atoms with E-state index in [0.29, 0.717) is 11.5 Å². The third-order valence-corrected chi connectivity index (χ3v) is 4.47. The van der Waals surface area contributed by atoms with Crippen molar-refractivity contribution in [3.63, 3.8) is 0 Å². The van der Waals surface area contributed by atoms with Gasteiger partial charge in [-0.15, -0.1) is 0 Å². The van der Waals surface area contributed by atoms with Crippen LogP contribution >= 0.6 is 22.6 Å². The van der Waals surface area contributed by atoms with E-state index in [-0.39, 0.29) is 0 Å². The smallest absolute Gasteiger partial charge is 0.0479 e. The van der Waals surface area contributed by atoms with Crippen LogP contribution in [0.15, 0.2) is 18.2 Å². The first-order valence-corrected chi connectivity index (χ1v) is 6.88. The van der Waals surface area contributed by atoms with Crippen LogP contribution in [0, 0.1) is 8.99 Å². The average Bonchev–Trinajstić information content (AvgIpc) is 2.50. The Morgan fingerprint density at radius 2 is 2.19 bits per heavy atom. The summed E-state index contributed by atoms with van der Waals surface area (Å²) in [6.07, 6.45) is 3.92. The summed E-state index contributed by atoms with van der Waals surface area (Å²) in [5, 5.41) is 3.66. The second-order valence-electron chi connectivity index (χ2n) is 5.32. The summed E-state index contributed by atoms with van der Waals surface area (Å²) in [6.45, 7) is 4.70. The SMILES string of the molecule is CC1(C)CCCC1Nc1ccc(N)cc1I. The van der Waals surface area contributed by atoms with Crippen molar-refractivity contribution in [3.8, 4) is 0 Å². The minimum absolute atomic E-state index is 0.407. The molecule has 3 N–H and O–H groups in total. The van der Waals surface area contributed by atoms with Crippen LogP contribution in [0.3, 0.4) is 0 Å². The minimum Gasteiger partial charge on any atom is -0.399 e. The molecule has 88 valence electrons. The Labute approximate surface area is 111 Å². The topological polar surface area (TPSA) is 38.0 Å². The van der Waals surface area contributed by atoms with Gasteiger partial charge in [0, 0.05) is 21.0 Å². The van der Waals surface area contributed by atoms with Crippen molar-refractivity contribution in [2.75, 3.05) is 11.1 Å². The molecule has 1 aromatic carbocycles. The van der Waals surface area contributed by atoms with E-state index >= 15 is 0 Å². The standard InChI is InChI=1S/C13H19IN2/c1-13(2)7-3-4-12(13)16-11-6-5-9(15)8-10(11)14/h5-6,8,12,16H,3-4,7,15H2,1-2H3. The van der Waals surface area contributed by atoms with E-state index in [1.807, 2.05) is 12.1 Å². The summed E-state index contributed by atoms with van der Waals surface area (Å²) in [5.74, 6) is 0. The predicted octanol–water partition coefficient (Wildman–Crippen LogP) is 3.86. The zero-order chi connectivity index (χ0) is 11.8. The number of anilines is 2. The molecule has 1 aliphatic carbocycles. The maximum Gasteiger partial charge on any atom is 0.0479 e. The minimum atomic E-state index is 0.407. The van der Waals surface area contributed by atoms with Gasteiger partial charge in [-0.05, 0) is 59.0 Å². The molecule has 0 amide bonds. The molecule has 1 aromatic rings. The van der Waals surface area contributed by atoms with Crippen molar-refractivity contribution >= 4 is 34.0 Å². The van der Waals surface area contributed by atoms with E-state index in [2.05, 4.69) is 47.8 Å². The van der Waals surface area contributed by atoms with Gasteiger partial charge in [-0.2, -0.15) is 0 Å². The highest BCUT2D eigenvalue weighted by molar-refractivity contribution is 14.1. The van der Waals surface area contributed by atoms with Gasteiger partial charge in [-0.3, -0.25) is 0 Å². The molecule has 0 aromatic heterocycles. The van der Waals surface area contributed by atoms with E-state index in [9.17, 15) is 0 Å². The summed E-state index contributed by atoms with van der Waals surface area (Å²) in [7, 11) is 0. The van der Waals surface area contributed by atoms with Gasteiger partial charge in [0.05, 0.1) is 0 Å². The van der Waals surface area contributed by atoms with Crippen molar-refractivity contribution < 1.29 is 0 Å². The first kappa shape index (κ1) is 12.0. The predicted molar refractivity (Wildman–Crippen MR) is 78.6 cm³/mol. The van der Waals surface area contributed by atoms with Crippen molar-refractivity contribution in [2.24, 2.45) is 5.41 Å². The number of nitrogens with two attached hydrogens (primary N) is 1. The number of rotatable bonds is 2. The Bertz CT molecular complexity index is 388. The summed E-state index contributed by atoms with van der Waals surface area (Å²) >= 11 is 2.34. The fourth-order valence-electron chi connectivity index (χ4n) is 2.43. The third kappa shape index (κ3) is 2.44. The summed E-state index contributed by atoms with van der Waals surface area (Å²) in [6, 6.07) is 6.66. The second-order valence-corrected chi connectivity index (χ2v) is 6.48. The Hall–Kier alpha value is -0.450. The van der Waals surface area contributed by atoms with E-state index in [0.717, 1.165) is 5.69 Å². The molecule has 1 aliphatic rings. The quantitative estimate of drug-likeness (QED) is 0.638. The van der Waals surface area contributed by atoms with Gasteiger partial charge in [0.15, 0.2) is 0 Å².